The molecule has 1 aromatic carbocycles. The van der Waals surface area contributed by atoms with Gasteiger partial charge < -0.3 is 15.0 Å². The van der Waals surface area contributed by atoms with Crippen molar-refractivity contribution in [3.8, 4) is 11.1 Å². The number of ether oxygens (including phenoxy) is 1. The largest absolute Gasteiger partial charge is 0.378 e. The number of carbonyl (C=O) groups is 1. The van der Waals surface area contributed by atoms with Crippen LogP contribution in [0.3, 0.4) is 0 Å². The molecule has 4 rings (SSSR count). The first kappa shape index (κ1) is 19.2. The minimum Gasteiger partial charge on any atom is -0.378 e. The highest BCUT2D eigenvalue weighted by atomic mass is 32.1. The first-order valence-corrected chi connectivity index (χ1v) is 11.2. The summed E-state index contributed by atoms with van der Waals surface area (Å²) < 4.78 is 5.50. The van der Waals surface area contributed by atoms with Gasteiger partial charge in [-0.05, 0) is 42.0 Å². The van der Waals surface area contributed by atoms with Gasteiger partial charge in [0.15, 0.2) is 0 Å². The normalized spacial score (nSPS) is 14.2. The number of anilines is 1. The molecule has 146 valence electrons. The molecule has 1 saturated heterocycles. The zero-order chi connectivity index (χ0) is 19.3. The van der Waals surface area contributed by atoms with Crippen molar-refractivity contribution in [1.82, 2.24) is 5.32 Å². The van der Waals surface area contributed by atoms with E-state index in [0.29, 0.717) is 6.54 Å². The van der Waals surface area contributed by atoms with Crippen molar-refractivity contribution < 1.29 is 9.53 Å². The van der Waals surface area contributed by atoms with Crippen molar-refractivity contribution in [3.05, 3.63) is 63.2 Å². The first-order chi connectivity index (χ1) is 13.7. The molecular weight excluding hydrogens is 388 g/mol. The molecule has 1 fully saturated rings. The molecule has 1 aliphatic rings. The van der Waals surface area contributed by atoms with Crippen LogP contribution in [0.15, 0.2) is 47.8 Å². The van der Waals surface area contributed by atoms with E-state index >= 15 is 0 Å². The topological polar surface area (TPSA) is 41.6 Å². The number of nitrogens with zero attached hydrogens (tertiary/aromatic N) is 1. The van der Waals surface area contributed by atoms with Gasteiger partial charge in [-0.25, -0.2) is 0 Å². The van der Waals surface area contributed by atoms with Crippen molar-refractivity contribution in [2.24, 2.45) is 0 Å². The highest BCUT2D eigenvalue weighted by molar-refractivity contribution is 7.18. The molecule has 0 bridgehead atoms. The maximum absolute atomic E-state index is 12.8. The number of amides is 1. The fourth-order valence-corrected chi connectivity index (χ4v) is 5.41. The molecule has 0 saturated carbocycles. The van der Waals surface area contributed by atoms with Crippen molar-refractivity contribution in [1.29, 1.82) is 0 Å². The van der Waals surface area contributed by atoms with Crippen LogP contribution in [0.4, 0.5) is 5.00 Å². The SMILES string of the molecule is Cc1ccsc1CCNC(=O)c1cc(-c2ccccc2)c(N2CCOCC2)s1. The molecule has 1 aliphatic heterocycles. The predicted octanol–water partition coefficient (Wildman–Crippen LogP) is 4.59. The lowest BCUT2D eigenvalue weighted by atomic mass is 10.1. The molecule has 3 aromatic rings. The number of morpholine rings is 1. The summed E-state index contributed by atoms with van der Waals surface area (Å²) in [5.41, 5.74) is 3.58. The van der Waals surface area contributed by atoms with Gasteiger partial charge in [0.1, 0.15) is 0 Å². The summed E-state index contributed by atoms with van der Waals surface area (Å²) in [5, 5.41) is 6.36. The lowest BCUT2D eigenvalue weighted by molar-refractivity contribution is 0.0958. The fraction of sp³-hybridized carbons (Fsp3) is 0.318. The molecule has 3 heterocycles. The van der Waals surface area contributed by atoms with Gasteiger partial charge >= 0.3 is 0 Å². The van der Waals surface area contributed by atoms with Crippen LogP contribution in [-0.4, -0.2) is 38.8 Å². The third-order valence-electron chi connectivity index (χ3n) is 4.93. The van der Waals surface area contributed by atoms with Gasteiger partial charge in [-0.2, -0.15) is 0 Å². The Labute approximate surface area is 173 Å². The van der Waals surface area contributed by atoms with Crippen molar-refractivity contribution in [3.63, 3.8) is 0 Å². The fourth-order valence-electron chi connectivity index (χ4n) is 3.36. The van der Waals surface area contributed by atoms with E-state index in [1.807, 2.05) is 24.3 Å². The van der Waals surface area contributed by atoms with Crippen molar-refractivity contribution in [2.45, 2.75) is 13.3 Å². The number of rotatable bonds is 6. The maximum atomic E-state index is 12.8. The van der Waals surface area contributed by atoms with Crippen LogP contribution in [0.1, 0.15) is 20.1 Å². The summed E-state index contributed by atoms with van der Waals surface area (Å²) >= 11 is 3.33. The first-order valence-electron chi connectivity index (χ1n) is 9.55. The summed E-state index contributed by atoms with van der Waals surface area (Å²) in [7, 11) is 0. The van der Waals surface area contributed by atoms with E-state index in [1.54, 1.807) is 22.7 Å². The Kier molecular flexibility index (Phi) is 6.10. The molecule has 0 radical (unpaired) electrons. The van der Waals surface area contributed by atoms with Crippen LogP contribution in [0.25, 0.3) is 11.1 Å². The second-order valence-electron chi connectivity index (χ2n) is 6.83. The van der Waals surface area contributed by atoms with Gasteiger partial charge in [0, 0.05) is 30.1 Å². The number of carbonyl (C=O) groups excluding carboxylic acids is 1. The second-order valence-corrected chi connectivity index (χ2v) is 8.86. The Balaban J connectivity index is 1.52. The van der Waals surface area contributed by atoms with Gasteiger partial charge in [0.05, 0.1) is 23.1 Å². The molecule has 0 spiro atoms. The standard InChI is InChI=1S/C22H24N2O2S2/c1-16-8-14-27-19(16)7-9-23-21(25)20-15-18(17-5-3-2-4-6-17)22(28-20)24-10-12-26-13-11-24/h2-6,8,14-15H,7,9-13H2,1H3,(H,23,25). The minimum absolute atomic E-state index is 0.0101. The third kappa shape index (κ3) is 4.29. The van der Waals surface area contributed by atoms with E-state index in [2.05, 4.69) is 40.7 Å². The molecule has 1 N–H and O–H groups in total. The molecule has 4 nitrogen and oxygen atoms in total. The Bertz CT molecular complexity index is 927. The second kappa shape index (κ2) is 8.90. The average Bonchev–Trinajstić information content (AvgIpc) is 3.36. The van der Waals surface area contributed by atoms with E-state index in [9.17, 15) is 4.79 Å². The molecular formula is C22H24N2O2S2. The summed E-state index contributed by atoms with van der Waals surface area (Å²) in [5.74, 6) is 0.0101. The summed E-state index contributed by atoms with van der Waals surface area (Å²) in [6.45, 7) is 5.96. The zero-order valence-electron chi connectivity index (χ0n) is 15.9. The quantitative estimate of drug-likeness (QED) is 0.644. The number of thiophene rings is 2. The molecule has 6 heteroatoms. The van der Waals surface area contributed by atoms with Crippen LogP contribution < -0.4 is 10.2 Å². The van der Waals surface area contributed by atoms with Crippen LogP contribution in [-0.2, 0) is 11.2 Å². The molecule has 1 amide bonds. The highest BCUT2D eigenvalue weighted by Gasteiger charge is 2.21. The third-order valence-corrected chi connectivity index (χ3v) is 7.20. The highest BCUT2D eigenvalue weighted by Crippen LogP contribution is 2.39. The van der Waals surface area contributed by atoms with Crippen LogP contribution in [0, 0.1) is 6.92 Å². The van der Waals surface area contributed by atoms with Gasteiger partial charge in [-0.15, -0.1) is 22.7 Å². The number of aryl methyl sites for hydroxylation is 1. The molecule has 0 atom stereocenters. The van der Waals surface area contributed by atoms with Gasteiger partial charge in [-0.3, -0.25) is 4.79 Å². The lowest BCUT2D eigenvalue weighted by Gasteiger charge is -2.28. The number of benzene rings is 1. The van der Waals surface area contributed by atoms with E-state index < -0.39 is 0 Å². The van der Waals surface area contributed by atoms with Crippen molar-refractivity contribution in [2.75, 3.05) is 37.7 Å². The van der Waals surface area contributed by atoms with Crippen LogP contribution in [0.2, 0.25) is 0 Å². The predicted molar refractivity (Wildman–Crippen MR) is 118 cm³/mol. The Hall–Kier alpha value is -2.15. The van der Waals surface area contributed by atoms with E-state index in [-0.39, 0.29) is 5.91 Å². The van der Waals surface area contributed by atoms with Gasteiger partial charge in [0.25, 0.3) is 5.91 Å². The smallest absolute Gasteiger partial charge is 0.261 e. The van der Waals surface area contributed by atoms with E-state index in [0.717, 1.165) is 53.7 Å². The maximum Gasteiger partial charge on any atom is 0.261 e. The van der Waals surface area contributed by atoms with Crippen LogP contribution >= 0.6 is 22.7 Å². The van der Waals surface area contributed by atoms with Crippen molar-refractivity contribution >= 4 is 33.6 Å². The Morgan fingerprint density at radius 2 is 1.96 bits per heavy atom. The minimum atomic E-state index is 0.0101. The van der Waals surface area contributed by atoms with Gasteiger partial charge in [0.2, 0.25) is 0 Å². The summed E-state index contributed by atoms with van der Waals surface area (Å²) in [6.07, 6.45) is 0.877. The molecule has 0 aliphatic carbocycles. The molecule has 28 heavy (non-hydrogen) atoms. The van der Waals surface area contributed by atoms with E-state index in [4.69, 9.17) is 4.74 Å². The van der Waals surface area contributed by atoms with E-state index in [1.165, 1.54) is 10.4 Å². The summed E-state index contributed by atoms with van der Waals surface area (Å²) in [6, 6.07) is 14.5. The average molecular weight is 413 g/mol. The summed E-state index contributed by atoms with van der Waals surface area (Å²) in [4.78, 5) is 17.2. The Morgan fingerprint density at radius 1 is 1.18 bits per heavy atom. The monoisotopic (exact) mass is 412 g/mol. The molecule has 0 unspecified atom stereocenters. The van der Waals surface area contributed by atoms with Gasteiger partial charge in [-0.1, -0.05) is 30.3 Å². The number of nitrogens with one attached hydrogen (secondary N) is 1. The number of hydrogen-bond donors (Lipinski definition) is 1. The molecule has 2 aromatic heterocycles. The lowest BCUT2D eigenvalue weighted by Crippen LogP contribution is -2.35. The zero-order valence-corrected chi connectivity index (χ0v) is 17.6. The van der Waals surface area contributed by atoms with Crippen LogP contribution in [0.5, 0.6) is 0 Å². The Morgan fingerprint density at radius 3 is 2.68 bits per heavy atom. The number of hydrogen-bond acceptors (Lipinski definition) is 5.